The zero-order valence-corrected chi connectivity index (χ0v) is 17.7. The van der Waals surface area contributed by atoms with Gasteiger partial charge in [-0.1, -0.05) is 54.5 Å². The fourth-order valence-corrected chi connectivity index (χ4v) is 4.15. The van der Waals surface area contributed by atoms with Gasteiger partial charge in [0.1, 0.15) is 12.1 Å². The quantitative estimate of drug-likeness (QED) is 0.609. The Labute approximate surface area is 186 Å². The summed E-state index contributed by atoms with van der Waals surface area (Å²) in [5.74, 6) is 2.97. The Hall–Kier alpha value is -3.79. The molecule has 0 spiro atoms. The van der Waals surface area contributed by atoms with Gasteiger partial charge in [-0.3, -0.25) is 4.79 Å². The molecule has 0 aliphatic heterocycles. The van der Waals surface area contributed by atoms with Gasteiger partial charge in [-0.05, 0) is 53.9 Å². The fraction of sp³-hybridized carbons (Fsp3) is 0.320. The van der Waals surface area contributed by atoms with Gasteiger partial charge in [0.25, 0.3) is 5.91 Å². The van der Waals surface area contributed by atoms with Gasteiger partial charge in [-0.15, -0.1) is 0 Å². The summed E-state index contributed by atoms with van der Waals surface area (Å²) < 4.78 is 5.40. The highest BCUT2D eigenvalue weighted by Gasteiger charge is 2.48. The number of carboxylic acid groups (broad SMARTS) is 1. The summed E-state index contributed by atoms with van der Waals surface area (Å²) in [5.41, 5.74) is 3.22. The van der Waals surface area contributed by atoms with Crippen molar-refractivity contribution in [3.63, 3.8) is 0 Å². The molecule has 0 heterocycles. The van der Waals surface area contributed by atoms with E-state index in [-0.39, 0.29) is 25.0 Å². The van der Waals surface area contributed by atoms with Gasteiger partial charge < -0.3 is 20.5 Å². The van der Waals surface area contributed by atoms with E-state index < -0.39 is 23.5 Å². The number of benzene rings is 2. The average Bonchev–Trinajstić information content (AvgIpc) is 3.59. The Bertz CT molecular complexity index is 1080. The van der Waals surface area contributed by atoms with Crippen molar-refractivity contribution < 1.29 is 24.2 Å². The van der Waals surface area contributed by atoms with Crippen LogP contribution in [0.3, 0.4) is 0 Å². The Morgan fingerprint density at radius 3 is 2.22 bits per heavy atom. The monoisotopic (exact) mass is 432 g/mol. The molecule has 7 heteroatoms. The van der Waals surface area contributed by atoms with Gasteiger partial charge in [-0.25, -0.2) is 9.59 Å². The number of nitrogens with one attached hydrogen (secondary N) is 2. The molecule has 2 aliphatic rings. The van der Waals surface area contributed by atoms with Crippen LogP contribution in [0.4, 0.5) is 4.79 Å². The number of amides is 2. The van der Waals surface area contributed by atoms with Crippen molar-refractivity contribution in [2.75, 3.05) is 13.2 Å². The molecule has 1 fully saturated rings. The minimum atomic E-state index is -1.31. The highest BCUT2D eigenvalue weighted by atomic mass is 16.5. The average molecular weight is 432 g/mol. The summed E-state index contributed by atoms with van der Waals surface area (Å²) in [7, 11) is 0. The van der Waals surface area contributed by atoms with Gasteiger partial charge in [0.05, 0.1) is 6.54 Å². The molecule has 2 aromatic carbocycles. The lowest BCUT2D eigenvalue weighted by atomic mass is 9.96. The molecule has 3 N–H and O–H groups in total. The molecular weight excluding hydrogens is 408 g/mol. The van der Waals surface area contributed by atoms with E-state index in [1.165, 1.54) is 6.92 Å². The summed E-state index contributed by atoms with van der Waals surface area (Å²) in [5, 5.41) is 14.3. The molecule has 164 valence electrons. The first-order chi connectivity index (χ1) is 15.4. The van der Waals surface area contributed by atoms with Crippen LogP contribution in [0.15, 0.2) is 48.5 Å². The third-order valence-electron chi connectivity index (χ3n) is 6.08. The highest BCUT2D eigenvalue weighted by Crippen LogP contribution is 2.44. The first kappa shape index (κ1) is 21.4. The van der Waals surface area contributed by atoms with E-state index in [0.29, 0.717) is 0 Å². The molecule has 0 saturated heterocycles. The number of carboxylic acids is 1. The van der Waals surface area contributed by atoms with E-state index in [0.717, 1.165) is 35.1 Å². The Morgan fingerprint density at radius 2 is 1.66 bits per heavy atom. The summed E-state index contributed by atoms with van der Waals surface area (Å²) in [4.78, 5) is 35.5. The molecule has 1 atom stereocenters. The first-order valence-corrected chi connectivity index (χ1v) is 10.5. The number of carbonyl (C=O) groups is 3. The molecule has 1 saturated carbocycles. The minimum Gasteiger partial charge on any atom is -0.480 e. The standard InChI is InChI=1S/C25H24N2O5/c1-25(23(29)30,16-12-13-16)27-22(28)11-6-14-26-24(31)32-15-21-19-9-4-2-7-17(19)18-8-3-5-10-20(18)21/h2-5,7-10,16,21H,12-15H2,1H3,(H,26,31)(H,27,28)(H,29,30). The number of hydrogen-bond donors (Lipinski definition) is 3. The van der Waals surface area contributed by atoms with E-state index >= 15 is 0 Å². The van der Waals surface area contributed by atoms with Crippen molar-refractivity contribution in [1.29, 1.82) is 0 Å². The van der Waals surface area contributed by atoms with Gasteiger partial charge in [0, 0.05) is 5.92 Å². The summed E-state index contributed by atoms with van der Waals surface area (Å²) in [6.07, 6.45) is 0.898. The molecule has 4 rings (SSSR count). The minimum absolute atomic E-state index is 0.0406. The van der Waals surface area contributed by atoms with Gasteiger partial charge in [-0.2, -0.15) is 0 Å². The fourth-order valence-electron chi connectivity index (χ4n) is 4.15. The summed E-state index contributed by atoms with van der Waals surface area (Å²) >= 11 is 0. The number of hydrogen-bond acceptors (Lipinski definition) is 4. The molecule has 0 aromatic heterocycles. The predicted molar refractivity (Wildman–Crippen MR) is 118 cm³/mol. The third kappa shape index (κ3) is 4.30. The van der Waals surface area contributed by atoms with Crippen molar-refractivity contribution >= 4 is 18.0 Å². The normalized spacial score (nSPS) is 15.9. The lowest BCUT2D eigenvalue weighted by molar-refractivity contribution is -0.147. The van der Waals surface area contributed by atoms with E-state index in [2.05, 4.69) is 34.6 Å². The zero-order chi connectivity index (χ0) is 22.7. The Balaban J connectivity index is 1.28. The van der Waals surface area contributed by atoms with Gasteiger partial charge in [0.2, 0.25) is 0 Å². The van der Waals surface area contributed by atoms with Crippen LogP contribution in [0.5, 0.6) is 0 Å². The van der Waals surface area contributed by atoms with E-state index in [1.807, 2.05) is 36.4 Å². The maximum absolute atomic E-state index is 12.1. The first-order valence-electron chi connectivity index (χ1n) is 10.5. The number of carbonyl (C=O) groups excluding carboxylic acids is 2. The molecule has 2 amide bonds. The summed E-state index contributed by atoms with van der Waals surface area (Å²) in [6.45, 7) is 1.59. The highest BCUT2D eigenvalue weighted by molar-refractivity contribution is 5.97. The molecule has 0 bridgehead atoms. The SMILES string of the molecule is CC(NC(=O)C#CCNC(=O)OCC1c2ccccc2-c2ccccc21)(C(=O)O)C1CC1. The van der Waals surface area contributed by atoms with E-state index in [4.69, 9.17) is 4.74 Å². The number of ether oxygens (including phenoxy) is 1. The topological polar surface area (TPSA) is 105 Å². The van der Waals surface area contributed by atoms with Crippen molar-refractivity contribution in [2.45, 2.75) is 31.2 Å². The van der Waals surface area contributed by atoms with Crippen LogP contribution in [0.2, 0.25) is 0 Å². The number of rotatable bonds is 6. The van der Waals surface area contributed by atoms with Crippen LogP contribution in [0.25, 0.3) is 11.1 Å². The van der Waals surface area contributed by atoms with Crippen LogP contribution < -0.4 is 10.6 Å². The molecule has 2 aromatic rings. The van der Waals surface area contributed by atoms with Gasteiger partial charge >= 0.3 is 12.1 Å². The molecule has 0 radical (unpaired) electrons. The van der Waals surface area contributed by atoms with Crippen molar-refractivity contribution in [2.24, 2.45) is 5.92 Å². The molecule has 1 unspecified atom stereocenters. The number of aliphatic carboxylic acids is 1. The number of alkyl carbamates (subject to hydrolysis) is 1. The second-order valence-electron chi connectivity index (χ2n) is 8.22. The third-order valence-corrected chi connectivity index (χ3v) is 6.08. The number of fused-ring (bicyclic) bond motifs is 3. The zero-order valence-electron chi connectivity index (χ0n) is 17.7. The van der Waals surface area contributed by atoms with E-state index in [1.54, 1.807) is 0 Å². The van der Waals surface area contributed by atoms with Crippen LogP contribution in [0.1, 0.15) is 36.8 Å². The van der Waals surface area contributed by atoms with Crippen molar-refractivity contribution in [3.05, 3.63) is 59.7 Å². The smallest absolute Gasteiger partial charge is 0.407 e. The second-order valence-corrected chi connectivity index (χ2v) is 8.22. The van der Waals surface area contributed by atoms with Gasteiger partial charge in [0.15, 0.2) is 0 Å². The second kappa shape index (κ2) is 8.75. The lowest BCUT2D eigenvalue weighted by Gasteiger charge is -2.24. The molecule has 32 heavy (non-hydrogen) atoms. The largest absolute Gasteiger partial charge is 0.480 e. The van der Waals surface area contributed by atoms with Crippen LogP contribution in [0, 0.1) is 17.8 Å². The Kier molecular flexibility index (Phi) is 5.87. The summed E-state index contributed by atoms with van der Waals surface area (Å²) in [6, 6.07) is 16.1. The maximum atomic E-state index is 12.1. The maximum Gasteiger partial charge on any atom is 0.407 e. The molecule has 7 nitrogen and oxygen atoms in total. The van der Waals surface area contributed by atoms with Crippen LogP contribution in [-0.4, -0.2) is 41.8 Å². The van der Waals surface area contributed by atoms with Crippen molar-refractivity contribution in [1.82, 2.24) is 10.6 Å². The Morgan fingerprint density at radius 1 is 1.06 bits per heavy atom. The predicted octanol–water partition coefficient (Wildman–Crippen LogP) is 2.90. The van der Waals surface area contributed by atoms with Crippen molar-refractivity contribution in [3.8, 4) is 23.0 Å². The molecule has 2 aliphatic carbocycles. The van der Waals surface area contributed by atoms with Crippen LogP contribution >= 0.6 is 0 Å². The lowest BCUT2D eigenvalue weighted by Crippen LogP contribution is -2.53. The van der Waals surface area contributed by atoms with Crippen LogP contribution in [-0.2, 0) is 14.3 Å². The molecular formula is C25H24N2O5. The van der Waals surface area contributed by atoms with E-state index in [9.17, 15) is 19.5 Å².